The Labute approximate surface area is 54.7 Å². The lowest BCUT2D eigenvalue weighted by molar-refractivity contribution is -0.191. The summed E-state index contributed by atoms with van der Waals surface area (Å²) in [5, 5.41) is 0. The summed E-state index contributed by atoms with van der Waals surface area (Å²) in [6, 6.07) is 0. The van der Waals surface area contributed by atoms with Crippen molar-refractivity contribution in [1.29, 1.82) is 0 Å². The molecule has 5 heteroatoms. The van der Waals surface area contributed by atoms with E-state index in [-0.39, 0.29) is 4.31 Å². The van der Waals surface area contributed by atoms with Gasteiger partial charge >= 0.3 is 6.30 Å². The van der Waals surface area contributed by atoms with Crippen molar-refractivity contribution in [2.24, 2.45) is 0 Å². The molecule has 1 aliphatic rings. The average Bonchev–Trinajstić information content (AvgIpc) is 2.08. The first kappa shape index (κ1) is 6.80. The molecular weight excluding hydrogens is 151 g/mol. The number of alkyl halides is 3. The zero-order chi connectivity index (χ0) is 6.91. The second-order valence-corrected chi connectivity index (χ2v) is 2.46. The topological polar surface area (TPSA) is 3.24 Å². The Kier molecular flexibility index (Phi) is 1.61. The SMILES string of the molecule is FC(F)(F)N1C=CCS1. The second kappa shape index (κ2) is 2.13. The van der Waals surface area contributed by atoms with E-state index in [9.17, 15) is 13.2 Å². The first-order valence-corrected chi connectivity index (χ1v) is 3.20. The van der Waals surface area contributed by atoms with Gasteiger partial charge in [-0.1, -0.05) is 6.08 Å². The molecule has 0 N–H and O–H groups in total. The van der Waals surface area contributed by atoms with Crippen LogP contribution in [0.2, 0.25) is 0 Å². The maximum absolute atomic E-state index is 11.6. The zero-order valence-electron chi connectivity index (χ0n) is 4.35. The Morgan fingerprint density at radius 2 is 2.11 bits per heavy atom. The molecule has 0 aromatic heterocycles. The van der Waals surface area contributed by atoms with Crippen molar-refractivity contribution >= 4 is 11.9 Å². The summed E-state index contributed by atoms with van der Waals surface area (Å²) in [4.78, 5) is 0. The molecule has 52 valence electrons. The van der Waals surface area contributed by atoms with Crippen LogP contribution in [0.15, 0.2) is 12.3 Å². The van der Waals surface area contributed by atoms with Gasteiger partial charge in [-0.05, 0) is 11.9 Å². The van der Waals surface area contributed by atoms with E-state index >= 15 is 0 Å². The van der Waals surface area contributed by atoms with Gasteiger partial charge in [0, 0.05) is 12.0 Å². The maximum atomic E-state index is 11.6. The van der Waals surface area contributed by atoms with E-state index < -0.39 is 6.30 Å². The second-order valence-electron chi connectivity index (χ2n) is 1.47. The standard InChI is InChI=1S/C4H4F3NS/c5-4(6,7)8-2-1-3-9-8/h1-2H,3H2. The van der Waals surface area contributed by atoms with Gasteiger partial charge in [0.15, 0.2) is 0 Å². The fourth-order valence-corrected chi connectivity index (χ4v) is 1.11. The quantitative estimate of drug-likeness (QED) is 0.388. The molecular formula is C4H4F3NS. The normalized spacial score (nSPS) is 19.2. The minimum absolute atomic E-state index is 0.285. The lowest BCUT2D eigenvalue weighted by atomic mass is 10.7. The van der Waals surface area contributed by atoms with Crippen LogP contribution in [0.25, 0.3) is 0 Å². The molecule has 1 heterocycles. The molecule has 0 radical (unpaired) electrons. The molecule has 0 unspecified atom stereocenters. The van der Waals surface area contributed by atoms with Gasteiger partial charge in [0.2, 0.25) is 0 Å². The van der Waals surface area contributed by atoms with Crippen LogP contribution in [-0.2, 0) is 0 Å². The maximum Gasteiger partial charge on any atom is 0.494 e. The van der Waals surface area contributed by atoms with Crippen LogP contribution in [0.1, 0.15) is 0 Å². The van der Waals surface area contributed by atoms with E-state index in [4.69, 9.17) is 0 Å². The van der Waals surface area contributed by atoms with Crippen molar-refractivity contribution in [2.75, 3.05) is 5.75 Å². The van der Waals surface area contributed by atoms with Gasteiger partial charge in [-0.25, -0.2) is 4.31 Å². The van der Waals surface area contributed by atoms with Gasteiger partial charge in [-0.2, -0.15) is 0 Å². The monoisotopic (exact) mass is 155 g/mol. The predicted molar refractivity (Wildman–Crippen MR) is 29.5 cm³/mol. The minimum atomic E-state index is -4.21. The lowest BCUT2D eigenvalue weighted by Gasteiger charge is -2.16. The van der Waals surface area contributed by atoms with Gasteiger partial charge < -0.3 is 0 Å². The summed E-state index contributed by atoms with van der Waals surface area (Å²) < 4.78 is 35.1. The summed E-state index contributed by atoms with van der Waals surface area (Å²) in [7, 11) is 0. The number of nitrogens with zero attached hydrogens (tertiary/aromatic N) is 1. The van der Waals surface area contributed by atoms with Crippen LogP contribution in [0.4, 0.5) is 13.2 Å². The molecule has 0 bridgehead atoms. The van der Waals surface area contributed by atoms with E-state index in [0.717, 1.165) is 18.1 Å². The Morgan fingerprint density at radius 1 is 1.44 bits per heavy atom. The molecule has 0 fully saturated rings. The summed E-state index contributed by atoms with van der Waals surface area (Å²) in [6.07, 6.45) is -1.71. The zero-order valence-corrected chi connectivity index (χ0v) is 5.17. The van der Waals surface area contributed by atoms with Crippen molar-refractivity contribution < 1.29 is 13.2 Å². The molecule has 1 aliphatic heterocycles. The van der Waals surface area contributed by atoms with E-state index in [1.165, 1.54) is 6.08 Å². The molecule has 0 aromatic carbocycles. The fourth-order valence-electron chi connectivity index (χ4n) is 0.463. The van der Waals surface area contributed by atoms with Crippen LogP contribution in [0.3, 0.4) is 0 Å². The van der Waals surface area contributed by atoms with Crippen molar-refractivity contribution in [3.05, 3.63) is 12.3 Å². The van der Waals surface area contributed by atoms with Gasteiger partial charge in [0.05, 0.1) is 0 Å². The van der Waals surface area contributed by atoms with Crippen LogP contribution in [-0.4, -0.2) is 16.4 Å². The Morgan fingerprint density at radius 3 is 2.33 bits per heavy atom. The van der Waals surface area contributed by atoms with Gasteiger partial charge in [0.1, 0.15) is 0 Å². The van der Waals surface area contributed by atoms with Crippen LogP contribution in [0, 0.1) is 0 Å². The van der Waals surface area contributed by atoms with E-state index in [2.05, 4.69) is 0 Å². The van der Waals surface area contributed by atoms with Gasteiger partial charge in [-0.3, -0.25) is 0 Å². The fraction of sp³-hybridized carbons (Fsp3) is 0.500. The Hall–Kier alpha value is -0.320. The smallest absolute Gasteiger partial charge is 0.233 e. The lowest BCUT2D eigenvalue weighted by Crippen LogP contribution is -2.25. The number of rotatable bonds is 0. The van der Waals surface area contributed by atoms with Crippen molar-refractivity contribution in [2.45, 2.75) is 6.30 Å². The van der Waals surface area contributed by atoms with Crippen LogP contribution < -0.4 is 0 Å². The summed E-state index contributed by atoms with van der Waals surface area (Å²) in [6.45, 7) is 0. The van der Waals surface area contributed by atoms with Crippen molar-refractivity contribution in [3.63, 3.8) is 0 Å². The molecule has 0 amide bonds. The highest BCUT2D eigenvalue weighted by molar-refractivity contribution is 7.97. The highest BCUT2D eigenvalue weighted by Gasteiger charge is 2.36. The molecule has 0 saturated carbocycles. The molecule has 1 rings (SSSR count). The molecule has 0 atom stereocenters. The summed E-state index contributed by atoms with van der Waals surface area (Å²) >= 11 is 0.747. The van der Waals surface area contributed by atoms with Crippen molar-refractivity contribution in [1.82, 2.24) is 4.31 Å². The van der Waals surface area contributed by atoms with Crippen LogP contribution >= 0.6 is 11.9 Å². The summed E-state index contributed by atoms with van der Waals surface area (Å²) in [5.41, 5.74) is 0. The van der Waals surface area contributed by atoms with E-state index in [0.29, 0.717) is 5.75 Å². The first-order chi connectivity index (χ1) is 4.11. The van der Waals surface area contributed by atoms with Crippen LogP contribution in [0.5, 0.6) is 0 Å². The molecule has 0 spiro atoms. The average molecular weight is 155 g/mol. The highest BCUT2D eigenvalue weighted by atomic mass is 32.2. The Balaban J connectivity index is 2.53. The van der Waals surface area contributed by atoms with Gasteiger partial charge in [0.25, 0.3) is 0 Å². The minimum Gasteiger partial charge on any atom is -0.233 e. The predicted octanol–water partition coefficient (Wildman–Crippen LogP) is 1.98. The first-order valence-electron chi connectivity index (χ1n) is 2.26. The number of halogens is 3. The van der Waals surface area contributed by atoms with E-state index in [1.807, 2.05) is 0 Å². The molecule has 0 aromatic rings. The third kappa shape index (κ3) is 1.54. The number of hydrogen-bond acceptors (Lipinski definition) is 2. The summed E-state index contributed by atoms with van der Waals surface area (Å²) in [5.74, 6) is 0.416. The number of hydrogen-bond donors (Lipinski definition) is 0. The third-order valence-corrected chi connectivity index (χ3v) is 1.75. The molecule has 0 saturated heterocycles. The molecule has 0 aliphatic carbocycles. The van der Waals surface area contributed by atoms with E-state index in [1.54, 1.807) is 0 Å². The van der Waals surface area contributed by atoms with Crippen molar-refractivity contribution in [3.8, 4) is 0 Å². The molecule has 1 nitrogen and oxygen atoms in total. The Bertz CT molecular complexity index is 130. The molecule has 9 heavy (non-hydrogen) atoms. The van der Waals surface area contributed by atoms with Gasteiger partial charge in [-0.15, -0.1) is 13.2 Å². The highest BCUT2D eigenvalue weighted by Crippen LogP contribution is 2.31. The largest absolute Gasteiger partial charge is 0.494 e. The third-order valence-electron chi connectivity index (χ3n) is 0.801.